The number of nitrogens with zero attached hydrogens (tertiary/aromatic N) is 1. The fourth-order valence-electron chi connectivity index (χ4n) is 1.44. The molecule has 0 radical (unpaired) electrons. The van der Waals surface area contributed by atoms with Gasteiger partial charge in [-0.1, -0.05) is 12.1 Å². The number of hydrogen-bond acceptors (Lipinski definition) is 3. The second kappa shape index (κ2) is 5.68. The summed E-state index contributed by atoms with van der Waals surface area (Å²) < 4.78 is 5.50. The minimum atomic E-state index is -0.512. The molecule has 0 aliphatic rings. The Bertz CT molecular complexity index is 371. The number of likely N-dealkylation sites (N-methyl/N-ethyl adjacent to an activating group) is 1. The predicted molar refractivity (Wildman–Crippen MR) is 65.9 cm³/mol. The Hall–Kier alpha value is -1.55. The second-order valence-corrected chi connectivity index (χ2v) is 4.24. The lowest BCUT2D eigenvalue weighted by atomic mass is 10.1. The first kappa shape index (κ1) is 13.5. The van der Waals surface area contributed by atoms with Crippen molar-refractivity contribution in [3.8, 4) is 5.75 Å². The molecule has 94 valence electrons. The van der Waals surface area contributed by atoms with Gasteiger partial charge < -0.3 is 14.7 Å². The van der Waals surface area contributed by atoms with Crippen LogP contribution in [0.15, 0.2) is 24.3 Å². The van der Waals surface area contributed by atoms with Crippen molar-refractivity contribution in [1.29, 1.82) is 0 Å². The van der Waals surface area contributed by atoms with Gasteiger partial charge in [-0.15, -0.1) is 0 Å². The molecule has 0 aliphatic carbocycles. The van der Waals surface area contributed by atoms with Crippen LogP contribution >= 0.6 is 0 Å². The molecule has 1 aromatic rings. The highest BCUT2D eigenvalue weighted by molar-refractivity contribution is 5.80. The van der Waals surface area contributed by atoms with Crippen LogP contribution in [0, 0.1) is 0 Å². The average Bonchev–Trinajstić information content (AvgIpc) is 2.28. The Kier molecular flexibility index (Phi) is 4.52. The van der Waals surface area contributed by atoms with Crippen LogP contribution in [0.5, 0.6) is 5.75 Å². The third-order valence-corrected chi connectivity index (χ3v) is 2.46. The highest BCUT2D eigenvalue weighted by atomic mass is 16.5. The minimum Gasteiger partial charge on any atom is -0.481 e. The number of rotatable bonds is 4. The van der Waals surface area contributed by atoms with E-state index in [4.69, 9.17) is 4.74 Å². The third kappa shape index (κ3) is 3.75. The summed E-state index contributed by atoms with van der Waals surface area (Å²) in [7, 11) is 3.39. The first-order valence-corrected chi connectivity index (χ1v) is 5.57. The maximum absolute atomic E-state index is 11.6. The van der Waals surface area contributed by atoms with E-state index in [0.717, 1.165) is 5.56 Å². The van der Waals surface area contributed by atoms with Crippen LogP contribution in [0.3, 0.4) is 0 Å². The number of benzene rings is 1. The normalized spacial score (nSPS) is 13.9. The van der Waals surface area contributed by atoms with Gasteiger partial charge >= 0.3 is 0 Å². The zero-order valence-electron chi connectivity index (χ0n) is 10.7. The molecular formula is C13H19NO3. The summed E-state index contributed by atoms with van der Waals surface area (Å²) in [6.07, 6.45) is -1.01. The molecule has 4 heteroatoms. The smallest absolute Gasteiger partial charge is 0.262 e. The molecule has 0 aliphatic heterocycles. The SMILES string of the molecule is CC(Oc1ccc([C@@H](C)O)cc1)C(=O)N(C)C. The third-order valence-electron chi connectivity index (χ3n) is 2.46. The molecule has 4 nitrogen and oxygen atoms in total. The lowest BCUT2D eigenvalue weighted by Gasteiger charge is -2.18. The largest absolute Gasteiger partial charge is 0.481 e. The van der Waals surface area contributed by atoms with Gasteiger partial charge in [-0.2, -0.15) is 0 Å². The molecular weight excluding hydrogens is 218 g/mol. The van der Waals surface area contributed by atoms with Gasteiger partial charge in [0, 0.05) is 14.1 Å². The molecule has 17 heavy (non-hydrogen) atoms. The van der Waals surface area contributed by atoms with Crippen molar-refractivity contribution >= 4 is 5.91 Å². The van der Waals surface area contributed by atoms with Gasteiger partial charge in [-0.3, -0.25) is 4.79 Å². The Balaban J connectivity index is 2.66. The van der Waals surface area contributed by atoms with E-state index in [2.05, 4.69) is 0 Å². The van der Waals surface area contributed by atoms with Crippen molar-refractivity contribution in [1.82, 2.24) is 4.90 Å². The topological polar surface area (TPSA) is 49.8 Å². The molecule has 0 fully saturated rings. The summed E-state index contributed by atoms with van der Waals surface area (Å²) >= 11 is 0. The summed E-state index contributed by atoms with van der Waals surface area (Å²) in [6.45, 7) is 3.42. The zero-order chi connectivity index (χ0) is 13.0. The van der Waals surface area contributed by atoms with Gasteiger partial charge in [0.2, 0.25) is 0 Å². The van der Waals surface area contributed by atoms with Gasteiger partial charge in [0.15, 0.2) is 6.10 Å². The number of hydrogen-bond donors (Lipinski definition) is 1. The fourth-order valence-corrected chi connectivity index (χ4v) is 1.44. The van der Waals surface area contributed by atoms with Crippen LogP contribution in [0.2, 0.25) is 0 Å². The summed E-state index contributed by atoms with van der Waals surface area (Å²) in [6, 6.07) is 7.07. The maximum atomic E-state index is 11.6. The summed E-state index contributed by atoms with van der Waals surface area (Å²) in [5, 5.41) is 9.36. The summed E-state index contributed by atoms with van der Waals surface area (Å²) in [5.41, 5.74) is 0.823. The van der Waals surface area contributed by atoms with Gasteiger partial charge in [0.25, 0.3) is 5.91 Å². The molecule has 1 unspecified atom stereocenters. The Morgan fingerprint density at radius 3 is 2.18 bits per heavy atom. The Labute approximate surface area is 102 Å². The van der Waals surface area contributed by atoms with E-state index in [1.165, 1.54) is 4.90 Å². The van der Waals surface area contributed by atoms with Crippen LogP contribution in [0.25, 0.3) is 0 Å². The Morgan fingerprint density at radius 1 is 1.24 bits per heavy atom. The molecule has 1 N–H and O–H groups in total. The summed E-state index contributed by atoms with van der Waals surface area (Å²) in [4.78, 5) is 13.1. The molecule has 0 heterocycles. The quantitative estimate of drug-likeness (QED) is 0.865. The number of ether oxygens (including phenoxy) is 1. The minimum absolute atomic E-state index is 0.0791. The van der Waals surface area contributed by atoms with Gasteiger partial charge in [-0.25, -0.2) is 0 Å². The van der Waals surface area contributed by atoms with E-state index in [9.17, 15) is 9.90 Å². The maximum Gasteiger partial charge on any atom is 0.262 e. The number of carbonyl (C=O) groups is 1. The first-order valence-electron chi connectivity index (χ1n) is 5.57. The summed E-state index contributed by atoms with van der Waals surface area (Å²) in [5.74, 6) is 0.543. The lowest BCUT2D eigenvalue weighted by molar-refractivity contribution is -0.135. The van der Waals surface area contributed by atoms with Crippen LogP contribution in [0.4, 0.5) is 0 Å². The van der Waals surface area contributed by atoms with E-state index >= 15 is 0 Å². The van der Waals surface area contributed by atoms with Crippen LogP contribution in [-0.2, 0) is 4.79 Å². The van der Waals surface area contributed by atoms with Crippen molar-refractivity contribution in [3.63, 3.8) is 0 Å². The van der Waals surface area contributed by atoms with Crippen molar-refractivity contribution in [3.05, 3.63) is 29.8 Å². The molecule has 1 rings (SSSR count). The molecule has 0 bridgehead atoms. The number of carbonyl (C=O) groups excluding carboxylic acids is 1. The molecule has 0 aromatic heterocycles. The van der Waals surface area contributed by atoms with Gasteiger partial charge in [0.05, 0.1) is 6.10 Å². The van der Waals surface area contributed by atoms with Gasteiger partial charge in [-0.05, 0) is 31.5 Å². The average molecular weight is 237 g/mol. The van der Waals surface area contributed by atoms with E-state index < -0.39 is 12.2 Å². The molecule has 0 saturated heterocycles. The van der Waals surface area contributed by atoms with Crippen molar-refractivity contribution in [2.24, 2.45) is 0 Å². The van der Waals surface area contributed by atoms with E-state index in [1.54, 1.807) is 52.2 Å². The molecule has 2 atom stereocenters. The Morgan fingerprint density at radius 2 is 1.76 bits per heavy atom. The van der Waals surface area contributed by atoms with Crippen molar-refractivity contribution in [2.45, 2.75) is 26.1 Å². The molecule has 0 spiro atoms. The second-order valence-electron chi connectivity index (χ2n) is 4.24. The first-order chi connectivity index (χ1) is 7.91. The van der Waals surface area contributed by atoms with Crippen LogP contribution < -0.4 is 4.74 Å². The molecule has 1 aromatic carbocycles. The number of amides is 1. The standard InChI is InChI=1S/C13H19NO3/c1-9(15)11-5-7-12(8-6-11)17-10(2)13(16)14(3)4/h5-10,15H,1-4H3/t9-,10?/m1/s1. The van der Waals surface area contributed by atoms with Crippen LogP contribution in [-0.4, -0.2) is 36.1 Å². The number of aliphatic hydroxyl groups is 1. The molecule has 0 saturated carbocycles. The molecule has 1 amide bonds. The lowest BCUT2D eigenvalue weighted by Crippen LogP contribution is -2.35. The van der Waals surface area contributed by atoms with Gasteiger partial charge in [0.1, 0.15) is 5.75 Å². The van der Waals surface area contributed by atoms with E-state index in [-0.39, 0.29) is 5.91 Å². The van der Waals surface area contributed by atoms with Crippen LogP contribution in [0.1, 0.15) is 25.5 Å². The predicted octanol–water partition coefficient (Wildman–Crippen LogP) is 1.60. The van der Waals surface area contributed by atoms with Crippen molar-refractivity contribution < 1.29 is 14.6 Å². The van der Waals surface area contributed by atoms with E-state index in [1.807, 2.05) is 0 Å². The monoisotopic (exact) mass is 237 g/mol. The highest BCUT2D eigenvalue weighted by Crippen LogP contribution is 2.18. The fraction of sp³-hybridized carbons (Fsp3) is 0.462. The highest BCUT2D eigenvalue weighted by Gasteiger charge is 2.16. The number of aliphatic hydroxyl groups excluding tert-OH is 1. The van der Waals surface area contributed by atoms with Crippen molar-refractivity contribution in [2.75, 3.05) is 14.1 Å². The zero-order valence-corrected chi connectivity index (χ0v) is 10.7. The van der Waals surface area contributed by atoms with E-state index in [0.29, 0.717) is 5.75 Å².